The van der Waals surface area contributed by atoms with E-state index in [2.05, 4.69) is 32.3 Å². The second-order valence-corrected chi connectivity index (χ2v) is 7.09. The first-order valence-electron chi connectivity index (χ1n) is 8.98. The molecule has 1 aromatic rings. The van der Waals surface area contributed by atoms with Gasteiger partial charge >= 0.3 is 0 Å². The number of halogens is 3. The largest absolute Gasteiger partial charge is 0.353 e. The zero-order valence-electron chi connectivity index (χ0n) is 14.9. The highest BCUT2D eigenvalue weighted by molar-refractivity contribution is 14.0. The van der Waals surface area contributed by atoms with Gasteiger partial charge in [0.05, 0.1) is 0 Å². The highest BCUT2D eigenvalue weighted by Crippen LogP contribution is 2.43. The van der Waals surface area contributed by atoms with Crippen molar-refractivity contribution in [2.45, 2.75) is 30.8 Å². The first-order chi connectivity index (χ1) is 12.2. The number of aliphatic imine (C=N–C) groups is 1. The maximum absolute atomic E-state index is 13.9. The number of likely N-dealkylation sites (tertiary alicyclic amines) is 1. The number of nitrogens with one attached hydrogen (secondary N) is 1. The van der Waals surface area contributed by atoms with Crippen molar-refractivity contribution in [1.82, 2.24) is 15.1 Å². The van der Waals surface area contributed by atoms with Gasteiger partial charge in [-0.25, -0.2) is 8.78 Å². The van der Waals surface area contributed by atoms with Crippen molar-refractivity contribution in [2.24, 2.45) is 4.99 Å². The molecular weight excluding hydrogens is 449 g/mol. The minimum atomic E-state index is -0.452. The number of benzene rings is 1. The zero-order chi connectivity index (χ0) is 17.4. The Hall–Kier alpha value is -1.22. The first kappa shape index (κ1) is 19.5. The molecule has 0 amide bonds. The molecule has 4 nitrogen and oxygen atoms in total. The van der Waals surface area contributed by atoms with E-state index in [0.29, 0.717) is 6.04 Å². The van der Waals surface area contributed by atoms with Crippen molar-refractivity contribution in [1.29, 1.82) is 0 Å². The lowest BCUT2D eigenvalue weighted by atomic mass is 10.1. The quantitative estimate of drug-likeness (QED) is 0.317. The summed E-state index contributed by atoms with van der Waals surface area (Å²) in [4.78, 5) is 9.13. The molecule has 3 atom stereocenters. The summed E-state index contributed by atoms with van der Waals surface area (Å²) in [6, 6.07) is 4.68. The molecule has 1 saturated carbocycles. The average molecular weight is 474 g/mol. The number of rotatable bonds is 3. The fourth-order valence-electron chi connectivity index (χ4n) is 4.03. The fraction of sp³-hybridized carbons (Fsp3) is 0.526. The van der Waals surface area contributed by atoms with Gasteiger partial charge in [-0.1, -0.05) is 18.2 Å². The van der Waals surface area contributed by atoms with Crippen LogP contribution in [0, 0.1) is 11.6 Å². The molecule has 4 rings (SSSR count). The summed E-state index contributed by atoms with van der Waals surface area (Å²) in [6.45, 7) is 3.97. The highest BCUT2D eigenvalue weighted by Gasteiger charge is 2.43. The van der Waals surface area contributed by atoms with E-state index in [0.717, 1.165) is 45.0 Å². The van der Waals surface area contributed by atoms with Crippen LogP contribution in [0.3, 0.4) is 0 Å². The SMILES string of the molecule is CN=C(NC1CC1c1c(F)cccc1F)N1CCC(N2CC=CC2)C1.I. The molecule has 1 aromatic carbocycles. The van der Waals surface area contributed by atoms with E-state index >= 15 is 0 Å². The summed E-state index contributed by atoms with van der Waals surface area (Å²) in [5.41, 5.74) is 0.206. The predicted octanol–water partition coefficient (Wildman–Crippen LogP) is 2.96. The van der Waals surface area contributed by atoms with Gasteiger partial charge in [-0.05, 0) is 25.0 Å². The highest BCUT2D eigenvalue weighted by atomic mass is 127. The molecule has 1 N–H and O–H groups in total. The molecule has 2 heterocycles. The van der Waals surface area contributed by atoms with Gasteiger partial charge in [-0.3, -0.25) is 9.89 Å². The monoisotopic (exact) mass is 474 g/mol. The van der Waals surface area contributed by atoms with Crippen LogP contribution < -0.4 is 5.32 Å². The average Bonchev–Trinajstić information content (AvgIpc) is 3.03. The van der Waals surface area contributed by atoms with Gasteiger partial charge in [0, 0.05) is 56.8 Å². The molecule has 142 valence electrons. The summed E-state index contributed by atoms with van der Waals surface area (Å²) in [6.07, 6.45) is 6.30. The smallest absolute Gasteiger partial charge is 0.193 e. The van der Waals surface area contributed by atoms with Gasteiger partial charge in [-0.15, -0.1) is 24.0 Å². The number of hydrogen-bond acceptors (Lipinski definition) is 2. The lowest BCUT2D eigenvalue weighted by Crippen LogP contribution is -2.43. The molecule has 3 unspecified atom stereocenters. The lowest BCUT2D eigenvalue weighted by molar-refractivity contribution is 0.259. The van der Waals surface area contributed by atoms with E-state index in [1.807, 2.05) is 0 Å². The number of hydrogen-bond donors (Lipinski definition) is 1. The Labute approximate surface area is 170 Å². The van der Waals surface area contributed by atoms with Crippen molar-refractivity contribution in [3.05, 3.63) is 47.5 Å². The first-order valence-corrected chi connectivity index (χ1v) is 8.98. The zero-order valence-corrected chi connectivity index (χ0v) is 17.2. The topological polar surface area (TPSA) is 30.9 Å². The van der Waals surface area contributed by atoms with Crippen molar-refractivity contribution in [2.75, 3.05) is 33.2 Å². The normalized spacial score (nSPS) is 28.3. The van der Waals surface area contributed by atoms with Crippen LogP contribution in [0.4, 0.5) is 8.78 Å². The third kappa shape index (κ3) is 3.88. The van der Waals surface area contributed by atoms with Gasteiger partial charge in [0.25, 0.3) is 0 Å². The number of guanidine groups is 1. The molecule has 2 aliphatic heterocycles. The van der Waals surface area contributed by atoms with E-state index in [1.165, 1.54) is 18.2 Å². The van der Waals surface area contributed by atoms with Crippen LogP contribution in [0.2, 0.25) is 0 Å². The Kier molecular flexibility index (Phi) is 6.17. The van der Waals surface area contributed by atoms with Gasteiger partial charge < -0.3 is 10.2 Å². The van der Waals surface area contributed by atoms with E-state index in [1.54, 1.807) is 7.05 Å². The van der Waals surface area contributed by atoms with E-state index in [9.17, 15) is 8.78 Å². The van der Waals surface area contributed by atoms with Crippen LogP contribution >= 0.6 is 24.0 Å². The van der Waals surface area contributed by atoms with E-state index in [4.69, 9.17) is 0 Å². The summed E-state index contributed by atoms with van der Waals surface area (Å²) in [7, 11) is 1.77. The molecule has 3 aliphatic rings. The van der Waals surface area contributed by atoms with Crippen LogP contribution in [-0.4, -0.2) is 61.1 Å². The van der Waals surface area contributed by atoms with Crippen LogP contribution in [0.25, 0.3) is 0 Å². The summed E-state index contributed by atoms with van der Waals surface area (Å²) in [5, 5.41) is 3.41. The maximum atomic E-state index is 13.9. The summed E-state index contributed by atoms with van der Waals surface area (Å²) >= 11 is 0. The Morgan fingerprint density at radius 2 is 1.88 bits per heavy atom. The van der Waals surface area contributed by atoms with Crippen LogP contribution in [0.1, 0.15) is 24.3 Å². The van der Waals surface area contributed by atoms with Gasteiger partial charge in [0.2, 0.25) is 0 Å². The molecule has 7 heteroatoms. The Balaban J connectivity index is 0.00000196. The Bertz CT molecular complexity index is 681. The molecule has 1 aliphatic carbocycles. The molecule has 0 radical (unpaired) electrons. The van der Waals surface area contributed by atoms with Crippen molar-refractivity contribution in [3.8, 4) is 0 Å². The third-order valence-corrected chi connectivity index (χ3v) is 5.51. The molecular formula is C19H25F2IN4. The maximum Gasteiger partial charge on any atom is 0.193 e. The Morgan fingerprint density at radius 1 is 1.19 bits per heavy atom. The van der Waals surface area contributed by atoms with Crippen molar-refractivity contribution >= 4 is 29.9 Å². The minimum absolute atomic E-state index is 0. The second-order valence-electron chi connectivity index (χ2n) is 7.09. The third-order valence-electron chi connectivity index (χ3n) is 5.51. The fourth-order valence-corrected chi connectivity index (χ4v) is 4.03. The molecule has 0 aromatic heterocycles. The molecule has 2 fully saturated rings. The summed E-state index contributed by atoms with van der Waals surface area (Å²) in [5.74, 6) is -0.169. The standard InChI is InChI=1S/C19H24F2N4.HI/c1-22-19(25-10-7-13(12-25)24-8-2-3-9-24)23-17-11-14(17)18-15(20)5-4-6-16(18)21;/h2-6,13-14,17H,7-12H2,1H3,(H,22,23);1H. The van der Waals surface area contributed by atoms with Crippen LogP contribution in [-0.2, 0) is 0 Å². The summed E-state index contributed by atoms with van der Waals surface area (Å²) < 4.78 is 27.9. The van der Waals surface area contributed by atoms with Crippen LogP contribution in [0.15, 0.2) is 35.3 Å². The molecule has 1 saturated heterocycles. The Morgan fingerprint density at radius 3 is 2.54 bits per heavy atom. The second kappa shape index (κ2) is 8.21. The van der Waals surface area contributed by atoms with Crippen molar-refractivity contribution in [3.63, 3.8) is 0 Å². The van der Waals surface area contributed by atoms with E-state index < -0.39 is 11.6 Å². The van der Waals surface area contributed by atoms with Gasteiger partial charge in [-0.2, -0.15) is 0 Å². The number of nitrogens with zero attached hydrogens (tertiary/aromatic N) is 3. The predicted molar refractivity (Wildman–Crippen MR) is 110 cm³/mol. The van der Waals surface area contributed by atoms with Gasteiger partial charge in [0.15, 0.2) is 5.96 Å². The minimum Gasteiger partial charge on any atom is -0.353 e. The van der Waals surface area contributed by atoms with Crippen molar-refractivity contribution < 1.29 is 8.78 Å². The van der Waals surface area contributed by atoms with Gasteiger partial charge in [0.1, 0.15) is 11.6 Å². The lowest BCUT2D eigenvalue weighted by Gasteiger charge is -2.25. The molecule has 0 bridgehead atoms. The molecule has 0 spiro atoms. The molecule has 26 heavy (non-hydrogen) atoms. The van der Waals surface area contributed by atoms with Crippen LogP contribution in [0.5, 0.6) is 0 Å². The van der Waals surface area contributed by atoms with E-state index in [-0.39, 0.29) is 41.5 Å².